The molecule has 2 aromatic rings. The highest BCUT2D eigenvalue weighted by molar-refractivity contribution is 6.30. The lowest BCUT2D eigenvalue weighted by Crippen LogP contribution is -2.21. The number of hydrogen-bond donors (Lipinski definition) is 1. The third-order valence-corrected chi connectivity index (χ3v) is 4.20. The van der Waals surface area contributed by atoms with E-state index < -0.39 is 0 Å². The predicted octanol–water partition coefficient (Wildman–Crippen LogP) is 4.17. The van der Waals surface area contributed by atoms with Crippen LogP contribution in [0.3, 0.4) is 0 Å². The summed E-state index contributed by atoms with van der Waals surface area (Å²) in [6.45, 7) is 3.94. The number of fused-ring (bicyclic) bond motifs is 1. The van der Waals surface area contributed by atoms with Crippen molar-refractivity contribution in [3.8, 4) is 5.75 Å². The Balaban J connectivity index is 1.54. The maximum absolute atomic E-state index is 6.03. The van der Waals surface area contributed by atoms with E-state index in [1.165, 1.54) is 16.7 Å². The van der Waals surface area contributed by atoms with Gasteiger partial charge in [0.25, 0.3) is 0 Å². The first kappa shape index (κ1) is 14.4. The first-order chi connectivity index (χ1) is 10.2. The van der Waals surface area contributed by atoms with Gasteiger partial charge in [-0.25, -0.2) is 0 Å². The third-order valence-electron chi connectivity index (χ3n) is 3.97. The molecule has 1 N–H and O–H groups in total. The van der Waals surface area contributed by atoms with E-state index in [2.05, 4.69) is 36.5 Å². The molecule has 0 aliphatic carbocycles. The molecule has 0 aromatic heterocycles. The lowest BCUT2D eigenvalue weighted by Gasteiger charge is -2.14. The molecule has 3 heteroatoms. The second-order valence-electron chi connectivity index (χ2n) is 5.52. The highest BCUT2D eigenvalue weighted by Crippen LogP contribution is 2.26. The second kappa shape index (κ2) is 6.50. The largest absolute Gasteiger partial charge is 0.493 e. The van der Waals surface area contributed by atoms with Gasteiger partial charge in [0.15, 0.2) is 0 Å². The number of rotatable bonds is 5. The molecule has 21 heavy (non-hydrogen) atoms. The van der Waals surface area contributed by atoms with Crippen LogP contribution in [0.1, 0.15) is 29.7 Å². The van der Waals surface area contributed by atoms with Crippen molar-refractivity contribution >= 4 is 11.6 Å². The van der Waals surface area contributed by atoms with E-state index in [0.717, 1.165) is 36.8 Å². The molecule has 1 heterocycles. The van der Waals surface area contributed by atoms with E-state index in [1.54, 1.807) is 0 Å². The summed E-state index contributed by atoms with van der Waals surface area (Å²) in [6, 6.07) is 14.9. The lowest BCUT2D eigenvalue weighted by molar-refractivity contribution is 0.357. The van der Waals surface area contributed by atoms with E-state index in [9.17, 15) is 0 Å². The highest BCUT2D eigenvalue weighted by atomic mass is 35.5. The topological polar surface area (TPSA) is 21.3 Å². The number of hydrogen-bond acceptors (Lipinski definition) is 2. The SMILES string of the molecule is C[C@@H](NCCc1ccc2c(c1)CCO2)c1cccc(Cl)c1. The van der Waals surface area contributed by atoms with Crippen molar-refractivity contribution in [2.75, 3.05) is 13.2 Å². The Hall–Kier alpha value is -1.51. The zero-order chi connectivity index (χ0) is 14.7. The molecule has 1 aliphatic heterocycles. The maximum atomic E-state index is 6.03. The van der Waals surface area contributed by atoms with Crippen molar-refractivity contribution in [1.29, 1.82) is 0 Å². The minimum Gasteiger partial charge on any atom is -0.493 e. The molecule has 0 spiro atoms. The van der Waals surface area contributed by atoms with Gasteiger partial charge in [-0.05, 0) is 54.8 Å². The van der Waals surface area contributed by atoms with Crippen LogP contribution < -0.4 is 10.1 Å². The molecule has 2 aromatic carbocycles. The van der Waals surface area contributed by atoms with Crippen molar-refractivity contribution in [2.45, 2.75) is 25.8 Å². The molecule has 2 nitrogen and oxygen atoms in total. The molecule has 0 amide bonds. The fourth-order valence-electron chi connectivity index (χ4n) is 2.72. The maximum Gasteiger partial charge on any atom is 0.122 e. The first-order valence-electron chi connectivity index (χ1n) is 7.46. The van der Waals surface area contributed by atoms with Crippen molar-refractivity contribution < 1.29 is 4.74 Å². The first-order valence-corrected chi connectivity index (χ1v) is 7.83. The molecular weight excluding hydrogens is 282 g/mol. The van der Waals surface area contributed by atoms with Crippen LogP contribution in [0.5, 0.6) is 5.75 Å². The summed E-state index contributed by atoms with van der Waals surface area (Å²) in [4.78, 5) is 0. The van der Waals surface area contributed by atoms with Gasteiger partial charge in [-0.3, -0.25) is 0 Å². The third kappa shape index (κ3) is 3.58. The molecule has 0 bridgehead atoms. The van der Waals surface area contributed by atoms with Crippen LogP contribution >= 0.6 is 11.6 Å². The molecule has 0 saturated carbocycles. The Morgan fingerprint density at radius 3 is 3.00 bits per heavy atom. The zero-order valence-corrected chi connectivity index (χ0v) is 13.0. The Labute approximate surface area is 131 Å². The Morgan fingerprint density at radius 2 is 2.14 bits per heavy atom. The number of benzene rings is 2. The fraction of sp³-hybridized carbons (Fsp3) is 0.333. The van der Waals surface area contributed by atoms with Crippen LogP contribution in [0.25, 0.3) is 0 Å². The van der Waals surface area contributed by atoms with Crippen LogP contribution in [0.2, 0.25) is 5.02 Å². The number of halogens is 1. The van der Waals surface area contributed by atoms with Gasteiger partial charge in [-0.15, -0.1) is 0 Å². The van der Waals surface area contributed by atoms with E-state index in [0.29, 0.717) is 6.04 Å². The molecule has 0 unspecified atom stereocenters. The number of ether oxygens (including phenoxy) is 1. The summed E-state index contributed by atoms with van der Waals surface area (Å²) in [5.74, 6) is 1.05. The van der Waals surface area contributed by atoms with Crippen LogP contribution in [0, 0.1) is 0 Å². The van der Waals surface area contributed by atoms with Crippen LogP contribution in [-0.4, -0.2) is 13.2 Å². The molecule has 110 valence electrons. The average Bonchev–Trinajstić information content (AvgIpc) is 2.94. The summed E-state index contributed by atoms with van der Waals surface area (Å²) < 4.78 is 5.54. The van der Waals surface area contributed by atoms with E-state index >= 15 is 0 Å². The highest BCUT2D eigenvalue weighted by Gasteiger charge is 2.12. The summed E-state index contributed by atoms with van der Waals surface area (Å²) in [7, 11) is 0. The van der Waals surface area contributed by atoms with Crippen molar-refractivity contribution in [1.82, 2.24) is 5.32 Å². The molecule has 1 atom stereocenters. The van der Waals surface area contributed by atoms with Crippen LogP contribution in [0.15, 0.2) is 42.5 Å². The van der Waals surface area contributed by atoms with Crippen LogP contribution in [-0.2, 0) is 12.8 Å². The summed E-state index contributed by atoms with van der Waals surface area (Å²) >= 11 is 6.03. The van der Waals surface area contributed by atoms with Gasteiger partial charge in [0, 0.05) is 17.5 Å². The summed E-state index contributed by atoms with van der Waals surface area (Å²) in [6.07, 6.45) is 2.06. The van der Waals surface area contributed by atoms with Gasteiger partial charge in [0.2, 0.25) is 0 Å². The monoisotopic (exact) mass is 301 g/mol. The quantitative estimate of drug-likeness (QED) is 0.895. The van der Waals surface area contributed by atoms with Crippen molar-refractivity contribution in [3.63, 3.8) is 0 Å². The van der Waals surface area contributed by atoms with Gasteiger partial charge in [-0.1, -0.05) is 35.9 Å². The average molecular weight is 302 g/mol. The van der Waals surface area contributed by atoms with Crippen molar-refractivity contribution in [3.05, 3.63) is 64.2 Å². The molecule has 0 saturated heterocycles. The minimum atomic E-state index is 0.307. The second-order valence-corrected chi connectivity index (χ2v) is 5.96. The van der Waals surface area contributed by atoms with Crippen LogP contribution in [0.4, 0.5) is 0 Å². The summed E-state index contributed by atoms with van der Waals surface area (Å²) in [5.41, 5.74) is 3.94. The minimum absolute atomic E-state index is 0.307. The molecule has 0 radical (unpaired) electrons. The zero-order valence-electron chi connectivity index (χ0n) is 12.2. The van der Waals surface area contributed by atoms with Gasteiger partial charge in [0.05, 0.1) is 6.61 Å². The Kier molecular flexibility index (Phi) is 4.47. The van der Waals surface area contributed by atoms with E-state index in [4.69, 9.17) is 16.3 Å². The van der Waals surface area contributed by atoms with Gasteiger partial charge in [-0.2, -0.15) is 0 Å². The molecule has 1 aliphatic rings. The normalized spacial score (nSPS) is 14.6. The Bertz CT molecular complexity index is 626. The molecule has 3 rings (SSSR count). The van der Waals surface area contributed by atoms with Gasteiger partial charge < -0.3 is 10.1 Å². The van der Waals surface area contributed by atoms with Crippen molar-refractivity contribution in [2.24, 2.45) is 0 Å². The molecular formula is C18H20ClNO. The van der Waals surface area contributed by atoms with E-state index in [-0.39, 0.29) is 0 Å². The Morgan fingerprint density at radius 1 is 1.24 bits per heavy atom. The lowest BCUT2D eigenvalue weighted by atomic mass is 10.1. The predicted molar refractivity (Wildman–Crippen MR) is 87.2 cm³/mol. The number of nitrogens with one attached hydrogen (secondary N) is 1. The van der Waals surface area contributed by atoms with Gasteiger partial charge >= 0.3 is 0 Å². The smallest absolute Gasteiger partial charge is 0.122 e. The summed E-state index contributed by atoms with van der Waals surface area (Å²) in [5, 5.41) is 4.34. The standard InChI is InChI=1S/C18H20ClNO/c1-13(15-3-2-4-17(19)12-15)20-9-7-14-5-6-18-16(11-14)8-10-21-18/h2-6,11-13,20H,7-10H2,1H3/t13-/m1/s1. The fourth-order valence-corrected chi connectivity index (χ4v) is 2.92. The van der Waals surface area contributed by atoms with Gasteiger partial charge in [0.1, 0.15) is 5.75 Å². The molecule has 0 fully saturated rings. The van der Waals surface area contributed by atoms with E-state index in [1.807, 2.05) is 18.2 Å².